The van der Waals surface area contributed by atoms with Gasteiger partial charge in [-0.25, -0.2) is 9.97 Å². The Morgan fingerprint density at radius 1 is 1.24 bits per heavy atom. The zero-order chi connectivity index (χ0) is 14.1. The monoisotopic (exact) mass is 289 g/mol. The Labute approximate surface area is 125 Å². The molecule has 2 heterocycles. The Hall–Kier alpha value is -1.04. The Balaban J connectivity index is 1.41. The van der Waals surface area contributed by atoms with Gasteiger partial charge < -0.3 is 14.8 Å². The molecule has 1 aliphatic heterocycles. The maximum atomic E-state index is 5.69. The fraction of sp³-hybridized carbons (Fsp3) is 0.750. The van der Waals surface area contributed by atoms with E-state index in [2.05, 4.69) is 10.3 Å². The van der Waals surface area contributed by atoms with Crippen LogP contribution in [0.3, 0.4) is 0 Å². The maximum Gasteiger partial charge on any atom is 0.159 e. The van der Waals surface area contributed by atoms with E-state index in [1.165, 1.54) is 30.5 Å². The lowest BCUT2D eigenvalue weighted by molar-refractivity contribution is -0.0936. The number of hydrogen-bond acceptors (Lipinski definition) is 5. The lowest BCUT2D eigenvalue weighted by Crippen LogP contribution is -2.30. The zero-order valence-corrected chi connectivity index (χ0v) is 12.4. The summed E-state index contributed by atoms with van der Waals surface area (Å²) in [5.74, 6) is 1.53. The highest BCUT2D eigenvalue weighted by Crippen LogP contribution is 2.27. The third-order valence-corrected chi connectivity index (χ3v) is 4.65. The Morgan fingerprint density at radius 3 is 3.00 bits per heavy atom. The third kappa shape index (κ3) is 3.25. The Morgan fingerprint density at radius 2 is 2.19 bits per heavy atom. The summed E-state index contributed by atoms with van der Waals surface area (Å²) >= 11 is 0. The first-order valence-electron chi connectivity index (χ1n) is 8.16. The highest BCUT2D eigenvalue weighted by atomic mass is 16.6. The number of nitrogens with zero attached hydrogens (tertiary/aromatic N) is 2. The quantitative estimate of drug-likeness (QED) is 0.908. The van der Waals surface area contributed by atoms with E-state index in [-0.39, 0.29) is 6.10 Å². The number of rotatable bonds is 4. The summed E-state index contributed by atoms with van der Waals surface area (Å²) in [7, 11) is 0. The van der Waals surface area contributed by atoms with Crippen molar-refractivity contribution in [1.29, 1.82) is 0 Å². The number of hydrogen-bond donors (Lipinski definition) is 1. The topological polar surface area (TPSA) is 56.3 Å². The summed E-state index contributed by atoms with van der Waals surface area (Å²) in [5.41, 5.74) is 2.54. The largest absolute Gasteiger partial charge is 0.376 e. The molecule has 114 valence electrons. The fourth-order valence-electron chi connectivity index (χ4n) is 3.19. The highest BCUT2D eigenvalue weighted by molar-refractivity contribution is 5.22. The fourth-order valence-corrected chi connectivity index (χ4v) is 3.19. The van der Waals surface area contributed by atoms with Crippen LogP contribution in [0.4, 0.5) is 0 Å². The SMILES string of the molecule is c1nc(C2COCCO2)nc2c1CC(CNC1CC1)CC2. The lowest BCUT2D eigenvalue weighted by atomic mass is 9.87. The van der Waals surface area contributed by atoms with Gasteiger partial charge in [0.2, 0.25) is 0 Å². The van der Waals surface area contributed by atoms with Gasteiger partial charge in [-0.1, -0.05) is 0 Å². The van der Waals surface area contributed by atoms with Crippen molar-refractivity contribution in [3.8, 4) is 0 Å². The van der Waals surface area contributed by atoms with Gasteiger partial charge in [-0.3, -0.25) is 0 Å². The molecule has 0 amide bonds. The van der Waals surface area contributed by atoms with Gasteiger partial charge in [0, 0.05) is 17.9 Å². The second kappa shape index (κ2) is 5.99. The van der Waals surface area contributed by atoms with Crippen molar-refractivity contribution in [2.24, 2.45) is 5.92 Å². The number of aryl methyl sites for hydroxylation is 1. The van der Waals surface area contributed by atoms with Crippen LogP contribution in [0.5, 0.6) is 0 Å². The van der Waals surface area contributed by atoms with Crippen molar-refractivity contribution in [1.82, 2.24) is 15.3 Å². The van der Waals surface area contributed by atoms with Crippen LogP contribution in [0.15, 0.2) is 6.20 Å². The minimum absolute atomic E-state index is 0.0849. The molecule has 0 radical (unpaired) electrons. The molecule has 2 aliphatic carbocycles. The molecule has 1 aromatic rings. The molecule has 2 fully saturated rings. The first kappa shape index (κ1) is 13.6. The van der Waals surface area contributed by atoms with Gasteiger partial charge in [-0.2, -0.15) is 0 Å². The molecule has 1 N–H and O–H groups in total. The van der Waals surface area contributed by atoms with Crippen LogP contribution < -0.4 is 5.32 Å². The summed E-state index contributed by atoms with van der Waals surface area (Å²) in [6, 6.07) is 0.800. The van der Waals surface area contributed by atoms with Crippen molar-refractivity contribution >= 4 is 0 Å². The average molecular weight is 289 g/mol. The van der Waals surface area contributed by atoms with Gasteiger partial charge in [0.25, 0.3) is 0 Å². The van der Waals surface area contributed by atoms with Gasteiger partial charge in [0.1, 0.15) is 6.10 Å². The number of aromatic nitrogens is 2. The highest BCUT2D eigenvalue weighted by Gasteiger charge is 2.26. The van der Waals surface area contributed by atoms with Crippen LogP contribution in [0, 0.1) is 5.92 Å². The van der Waals surface area contributed by atoms with E-state index >= 15 is 0 Å². The van der Waals surface area contributed by atoms with E-state index in [1.54, 1.807) is 0 Å². The summed E-state index contributed by atoms with van der Waals surface area (Å²) in [6.07, 6.45) is 8.05. The van der Waals surface area contributed by atoms with Crippen LogP contribution in [0.1, 0.15) is 42.4 Å². The van der Waals surface area contributed by atoms with Crippen LogP contribution in [0.25, 0.3) is 0 Å². The van der Waals surface area contributed by atoms with E-state index < -0.39 is 0 Å². The molecule has 1 saturated heterocycles. The smallest absolute Gasteiger partial charge is 0.159 e. The van der Waals surface area contributed by atoms with E-state index in [0.29, 0.717) is 19.8 Å². The molecule has 0 spiro atoms. The molecule has 2 unspecified atom stereocenters. The molecule has 5 nitrogen and oxygen atoms in total. The van der Waals surface area contributed by atoms with Gasteiger partial charge in [0.15, 0.2) is 5.82 Å². The maximum absolute atomic E-state index is 5.69. The Bertz CT molecular complexity index is 498. The first-order valence-corrected chi connectivity index (χ1v) is 8.16. The summed E-state index contributed by atoms with van der Waals surface area (Å²) < 4.78 is 11.1. The average Bonchev–Trinajstić information content (AvgIpc) is 3.37. The molecular weight excluding hydrogens is 266 g/mol. The molecule has 3 aliphatic rings. The number of fused-ring (bicyclic) bond motifs is 1. The van der Waals surface area contributed by atoms with Crippen molar-refractivity contribution in [2.45, 2.75) is 44.2 Å². The van der Waals surface area contributed by atoms with Gasteiger partial charge in [-0.15, -0.1) is 0 Å². The number of nitrogens with one attached hydrogen (secondary N) is 1. The Kier molecular flexibility index (Phi) is 3.88. The normalized spacial score (nSPS) is 29.1. The number of ether oxygens (including phenoxy) is 2. The van der Waals surface area contributed by atoms with Crippen LogP contribution in [-0.4, -0.2) is 42.4 Å². The van der Waals surface area contributed by atoms with Gasteiger partial charge in [-0.05, 0) is 50.1 Å². The van der Waals surface area contributed by atoms with E-state index in [0.717, 1.165) is 37.2 Å². The molecule has 5 heteroatoms. The molecule has 1 saturated carbocycles. The molecule has 0 bridgehead atoms. The molecule has 1 aromatic heterocycles. The van der Waals surface area contributed by atoms with Crippen molar-refractivity contribution in [3.05, 3.63) is 23.3 Å². The summed E-state index contributed by atoms with van der Waals surface area (Å²) in [4.78, 5) is 9.26. The second-order valence-electron chi connectivity index (χ2n) is 6.43. The predicted octanol–water partition coefficient (Wildman–Crippen LogP) is 1.42. The molecule has 2 atom stereocenters. The van der Waals surface area contributed by atoms with E-state index in [4.69, 9.17) is 14.5 Å². The van der Waals surface area contributed by atoms with Gasteiger partial charge >= 0.3 is 0 Å². The summed E-state index contributed by atoms with van der Waals surface area (Å²) in [6.45, 7) is 3.04. The van der Waals surface area contributed by atoms with Crippen molar-refractivity contribution in [2.75, 3.05) is 26.4 Å². The molecule has 0 aromatic carbocycles. The molecular formula is C16H23N3O2. The minimum atomic E-state index is -0.0849. The molecule has 21 heavy (non-hydrogen) atoms. The van der Waals surface area contributed by atoms with Crippen LogP contribution >= 0.6 is 0 Å². The standard InChI is InChI=1S/C16H23N3O2/c1-4-14-12(7-11(1)8-17-13-2-3-13)9-18-16(19-14)15-10-20-5-6-21-15/h9,11,13,15,17H,1-8,10H2. The second-order valence-corrected chi connectivity index (χ2v) is 6.43. The van der Waals surface area contributed by atoms with Crippen LogP contribution in [0.2, 0.25) is 0 Å². The zero-order valence-electron chi connectivity index (χ0n) is 12.4. The molecule has 4 rings (SSSR count). The van der Waals surface area contributed by atoms with Crippen molar-refractivity contribution < 1.29 is 9.47 Å². The third-order valence-electron chi connectivity index (χ3n) is 4.65. The van der Waals surface area contributed by atoms with Gasteiger partial charge in [0.05, 0.1) is 19.8 Å². The van der Waals surface area contributed by atoms with E-state index in [9.17, 15) is 0 Å². The lowest BCUT2D eigenvalue weighted by Gasteiger charge is -2.26. The van der Waals surface area contributed by atoms with E-state index in [1.807, 2.05) is 6.20 Å². The first-order chi connectivity index (χ1) is 10.4. The van der Waals surface area contributed by atoms with Crippen molar-refractivity contribution in [3.63, 3.8) is 0 Å². The summed E-state index contributed by atoms with van der Waals surface area (Å²) in [5, 5.41) is 3.64. The van der Waals surface area contributed by atoms with Crippen LogP contribution in [-0.2, 0) is 22.3 Å². The minimum Gasteiger partial charge on any atom is -0.376 e. The predicted molar refractivity (Wildman–Crippen MR) is 78.1 cm³/mol.